The second kappa shape index (κ2) is 5.10. The second-order valence-corrected chi connectivity index (χ2v) is 5.42. The van der Waals surface area contributed by atoms with Gasteiger partial charge in [-0.2, -0.15) is 0 Å². The first-order valence-electron chi connectivity index (χ1n) is 4.81. The van der Waals surface area contributed by atoms with Crippen molar-refractivity contribution in [1.82, 2.24) is 5.32 Å². The molecule has 0 radical (unpaired) electrons. The first-order valence-corrected chi connectivity index (χ1v) is 6.01. The van der Waals surface area contributed by atoms with Gasteiger partial charge in [-0.15, -0.1) is 0 Å². The average molecular weight is 319 g/mol. The number of halogens is 2. The first-order chi connectivity index (χ1) is 7.74. The van der Waals surface area contributed by atoms with E-state index in [0.717, 1.165) is 0 Å². The summed E-state index contributed by atoms with van der Waals surface area (Å²) >= 11 is 7.99. The molecule has 0 saturated carbocycles. The summed E-state index contributed by atoms with van der Waals surface area (Å²) in [6.45, 7) is 3.31. The standard InChI is InChI=1S/C11H12BrFN2OS/c1-11(2,10(14)17)15-9(16)7-5-6(12)3-4-8(7)13/h3-5H,1-2H3,(H2,14,17)(H,15,16). The maximum atomic E-state index is 13.5. The minimum atomic E-state index is -0.860. The number of nitrogens with two attached hydrogens (primary N) is 1. The van der Waals surface area contributed by atoms with Crippen molar-refractivity contribution in [1.29, 1.82) is 0 Å². The van der Waals surface area contributed by atoms with Crippen molar-refractivity contribution in [3.8, 4) is 0 Å². The van der Waals surface area contributed by atoms with Gasteiger partial charge >= 0.3 is 0 Å². The molecule has 0 saturated heterocycles. The zero-order chi connectivity index (χ0) is 13.2. The van der Waals surface area contributed by atoms with Gasteiger partial charge in [0.05, 0.1) is 16.1 Å². The molecule has 0 spiro atoms. The summed E-state index contributed by atoms with van der Waals surface area (Å²) in [6, 6.07) is 4.14. The second-order valence-electron chi connectivity index (χ2n) is 4.07. The summed E-state index contributed by atoms with van der Waals surface area (Å²) < 4.78 is 14.1. The van der Waals surface area contributed by atoms with Gasteiger partial charge in [-0.05, 0) is 32.0 Å². The summed E-state index contributed by atoms with van der Waals surface area (Å²) in [7, 11) is 0. The molecule has 17 heavy (non-hydrogen) atoms. The molecule has 1 aromatic carbocycles. The van der Waals surface area contributed by atoms with Crippen LogP contribution in [0.4, 0.5) is 4.39 Å². The number of hydrogen-bond acceptors (Lipinski definition) is 2. The fourth-order valence-electron chi connectivity index (χ4n) is 1.08. The third-order valence-electron chi connectivity index (χ3n) is 2.22. The van der Waals surface area contributed by atoms with E-state index in [-0.39, 0.29) is 10.6 Å². The van der Waals surface area contributed by atoms with E-state index < -0.39 is 17.3 Å². The third kappa shape index (κ3) is 3.47. The lowest BCUT2D eigenvalue weighted by atomic mass is 10.0. The molecule has 3 nitrogen and oxygen atoms in total. The van der Waals surface area contributed by atoms with E-state index in [1.807, 2.05) is 0 Å². The molecule has 3 N–H and O–H groups in total. The van der Waals surface area contributed by atoms with Crippen LogP contribution in [-0.4, -0.2) is 16.4 Å². The number of carbonyl (C=O) groups excluding carboxylic acids is 1. The molecule has 6 heteroatoms. The molecule has 1 rings (SSSR count). The Kier molecular flexibility index (Phi) is 4.21. The Balaban J connectivity index is 2.98. The molecule has 0 aliphatic rings. The Morgan fingerprint density at radius 3 is 2.65 bits per heavy atom. The topological polar surface area (TPSA) is 55.1 Å². The van der Waals surface area contributed by atoms with Gasteiger partial charge in [-0.3, -0.25) is 4.79 Å². The van der Waals surface area contributed by atoms with Crippen LogP contribution in [0.1, 0.15) is 24.2 Å². The minimum absolute atomic E-state index is 0.0521. The molecule has 0 bridgehead atoms. The van der Waals surface area contributed by atoms with Gasteiger partial charge in [0.25, 0.3) is 5.91 Å². The van der Waals surface area contributed by atoms with E-state index in [1.165, 1.54) is 18.2 Å². The van der Waals surface area contributed by atoms with Crippen LogP contribution in [0, 0.1) is 5.82 Å². The highest BCUT2D eigenvalue weighted by Crippen LogP contribution is 2.16. The molecule has 0 unspecified atom stereocenters. The SMILES string of the molecule is CC(C)(NC(=O)c1cc(Br)ccc1F)C(N)=S. The molecule has 0 fully saturated rings. The van der Waals surface area contributed by atoms with Crippen molar-refractivity contribution < 1.29 is 9.18 Å². The monoisotopic (exact) mass is 318 g/mol. The molecule has 92 valence electrons. The summed E-state index contributed by atoms with van der Waals surface area (Å²) in [5.74, 6) is -1.15. The Morgan fingerprint density at radius 1 is 1.53 bits per heavy atom. The maximum Gasteiger partial charge on any atom is 0.255 e. The fourth-order valence-corrected chi connectivity index (χ4v) is 1.50. The van der Waals surface area contributed by atoms with Crippen LogP contribution in [0.5, 0.6) is 0 Å². The fraction of sp³-hybridized carbons (Fsp3) is 0.273. The number of nitrogens with one attached hydrogen (secondary N) is 1. The van der Waals surface area contributed by atoms with Gasteiger partial charge in [-0.1, -0.05) is 28.1 Å². The number of rotatable bonds is 3. The van der Waals surface area contributed by atoms with Crippen molar-refractivity contribution in [3.05, 3.63) is 34.1 Å². The number of thiocarbonyl (C=S) groups is 1. The number of amides is 1. The van der Waals surface area contributed by atoms with E-state index in [2.05, 4.69) is 21.2 Å². The summed E-state index contributed by atoms with van der Waals surface area (Å²) in [5.41, 5.74) is 4.57. The van der Waals surface area contributed by atoms with Crippen LogP contribution in [0.3, 0.4) is 0 Å². The maximum absolute atomic E-state index is 13.5. The summed E-state index contributed by atoms with van der Waals surface area (Å²) in [5, 5.41) is 2.57. The molecule has 0 heterocycles. The van der Waals surface area contributed by atoms with Crippen LogP contribution < -0.4 is 11.1 Å². The van der Waals surface area contributed by atoms with Gasteiger partial charge in [-0.25, -0.2) is 4.39 Å². The normalized spacial score (nSPS) is 11.1. The Morgan fingerprint density at radius 2 is 2.12 bits per heavy atom. The highest BCUT2D eigenvalue weighted by atomic mass is 79.9. The van der Waals surface area contributed by atoms with Crippen LogP contribution >= 0.6 is 28.1 Å². The quantitative estimate of drug-likeness (QED) is 0.841. The van der Waals surface area contributed by atoms with Crippen molar-refractivity contribution in [2.45, 2.75) is 19.4 Å². The summed E-state index contributed by atoms with van der Waals surface area (Å²) in [4.78, 5) is 12.0. The molecular weight excluding hydrogens is 307 g/mol. The molecule has 0 aliphatic carbocycles. The lowest BCUT2D eigenvalue weighted by molar-refractivity contribution is 0.0928. The van der Waals surface area contributed by atoms with Gasteiger partial charge in [0, 0.05) is 4.47 Å². The van der Waals surface area contributed by atoms with Crippen molar-refractivity contribution >= 4 is 39.0 Å². The molecule has 0 aliphatic heterocycles. The van der Waals surface area contributed by atoms with E-state index in [1.54, 1.807) is 13.8 Å². The predicted molar refractivity (Wildman–Crippen MR) is 72.4 cm³/mol. The molecular formula is C11H12BrFN2OS. The first kappa shape index (κ1) is 14.1. The Hall–Kier alpha value is -1.01. The van der Waals surface area contributed by atoms with Gasteiger partial charge < -0.3 is 11.1 Å². The average Bonchev–Trinajstić information content (AvgIpc) is 2.20. The van der Waals surface area contributed by atoms with Gasteiger partial charge in [0.1, 0.15) is 5.82 Å². The molecule has 1 amide bonds. The Labute approximate surface area is 113 Å². The number of benzene rings is 1. The lowest BCUT2D eigenvalue weighted by Gasteiger charge is -2.24. The highest BCUT2D eigenvalue weighted by Gasteiger charge is 2.25. The summed E-state index contributed by atoms with van der Waals surface area (Å²) in [6.07, 6.45) is 0. The zero-order valence-electron chi connectivity index (χ0n) is 9.38. The Bertz CT molecular complexity index is 477. The van der Waals surface area contributed by atoms with Gasteiger partial charge in [0.2, 0.25) is 0 Å². The largest absolute Gasteiger partial charge is 0.391 e. The van der Waals surface area contributed by atoms with Crippen LogP contribution in [0.15, 0.2) is 22.7 Å². The van der Waals surface area contributed by atoms with E-state index in [0.29, 0.717) is 4.47 Å². The predicted octanol–water partition coefficient (Wildman–Crippen LogP) is 2.38. The smallest absolute Gasteiger partial charge is 0.255 e. The van der Waals surface area contributed by atoms with E-state index >= 15 is 0 Å². The third-order valence-corrected chi connectivity index (χ3v) is 3.22. The number of carbonyl (C=O) groups is 1. The number of hydrogen-bond donors (Lipinski definition) is 2. The van der Waals surface area contributed by atoms with Crippen LogP contribution in [0.25, 0.3) is 0 Å². The molecule has 0 aromatic heterocycles. The zero-order valence-corrected chi connectivity index (χ0v) is 11.8. The molecule has 1 aromatic rings. The van der Waals surface area contributed by atoms with Crippen molar-refractivity contribution in [2.24, 2.45) is 5.73 Å². The lowest BCUT2D eigenvalue weighted by Crippen LogP contribution is -2.52. The van der Waals surface area contributed by atoms with E-state index in [4.69, 9.17) is 18.0 Å². The highest BCUT2D eigenvalue weighted by molar-refractivity contribution is 9.10. The van der Waals surface area contributed by atoms with Crippen LogP contribution in [0.2, 0.25) is 0 Å². The van der Waals surface area contributed by atoms with Gasteiger partial charge in [0.15, 0.2) is 0 Å². The minimum Gasteiger partial charge on any atom is -0.391 e. The van der Waals surface area contributed by atoms with Crippen molar-refractivity contribution in [2.75, 3.05) is 0 Å². The van der Waals surface area contributed by atoms with Crippen LogP contribution in [-0.2, 0) is 0 Å². The molecule has 0 atom stereocenters. The van der Waals surface area contributed by atoms with Crippen molar-refractivity contribution in [3.63, 3.8) is 0 Å². The van der Waals surface area contributed by atoms with E-state index in [9.17, 15) is 9.18 Å².